The maximum absolute atomic E-state index is 12.9. The SMILES string of the molecule is Cc1cc(C)c(NS(=O)(=O)c2cccc(C(=O)Nc3ccccc3)c2)c(C)c1. The van der Waals surface area contributed by atoms with Crippen LogP contribution in [0.4, 0.5) is 11.4 Å². The Bertz CT molecular complexity index is 1100. The molecule has 28 heavy (non-hydrogen) atoms. The molecule has 0 radical (unpaired) electrons. The molecule has 3 aromatic carbocycles. The van der Waals surface area contributed by atoms with Gasteiger partial charge in [-0.15, -0.1) is 0 Å². The summed E-state index contributed by atoms with van der Waals surface area (Å²) in [4.78, 5) is 12.5. The van der Waals surface area contributed by atoms with Crippen molar-refractivity contribution in [3.8, 4) is 0 Å². The van der Waals surface area contributed by atoms with Gasteiger partial charge in [-0.3, -0.25) is 9.52 Å². The molecule has 0 aliphatic carbocycles. The molecular weight excluding hydrogens is 372 g/mol. The van der Waals surface area contributed by atoms with Crippen molar-refractivity contribution >= 4 is 27.3 Å². The van der Waals surface area contributed by atoms with E-state index in [1.54, 1.807) is 24.3 Å². The lowest BCUT2D eigenvalue weighted by molar-refractivity contribution is 0.102. The van der Waals surface area contributed by atoms with Gasteiger partial charge in [0.15, 0.2) is 0 Å². The van der Waals surface area contributed by atoms with Gasteiger partial charge in [0.2, 0.25) is 0 Å². The number of anilines is 2. The van der Waals surface area contributed by atoms with E-state index < -0.39 is 10.0 Å². The van der Waals surface area contributed by atoms with Crippen molar-refractivity contribution in [2.75, 3.05) is 10.0 Å². The summed E-state index contributed by atoms with van der Waals surface area (Å²) in [5.74, 6) is -0.369. The van der Waals surface area contributed by atoms with Gasteiger partial charge in [0.1, 0.15) is 0 Å². The van der Waals surface area contributed by atoms with Crippen molar-refractivity contribution in [1.82, 2.24) is 0 Å². The third-order valence-corrected chi connectivity index (χ3v) is 5.70. The monoisotopic (exact) mass is 394 g/mol. The first-order valence-corrected chi connectivity index (χ1v) is 10.3. The molecule has 6 heteroatoms. The average molecular weight is 394 g/mol. The highest BCUT2D eigenvalue weighted by Gasteiger charge is 2.18. The molecule has 0 aliphatic rings. The second-order valence-electron chi connectivity index (χ2n) is 6.73. The van der Waals surface area contributed by atoms with Crippen molar-refractivity contribution in [1.29, 1.82) is 0 Å². The highest BCUT2D eigenvalue weighted by molar-refractivity contribution is 7.92. The standard InChI is InChI=1S/C22H22N2O3S/c1-15-12-16(2)21(17(3)13-15)24-28(26,27)20-11-7-8-18(14-20)22(25)23-19-9-5-4-6-10-19/h4-14,24H,1-3H3,(H,23,25). The summed E-state index contributed by atoms with van der Waals surface area (Å²) in [6.45, 7) is 5.69. The van der Waals surface area contributed by atoms with Gasteiger partial charge in [-0.2, -0.15) is 0 Å². The van der Waals surface area contributed by atoms with Gasteiger partial charge in [0.25, 0.3) is 15.9 Å². The lowest BCUT2D eigenvalue weighted by Gasteiger charge is -2.15. The van der Waals surface area contributed by atoms with Crippen molar-refractivity contribution in [3.05, 3.63) is 89.0 Å². The fourth-order valence-corrected chi connectivity index (χ4v) is 4.31. The minimum absolute atomic E-state index is 0.0348. The Morgan fingerprint density at radius 1 is 0.821 bits per heavy atom. The number of amides is 1. The van der Waals surface area contributed by atoms with Crippen LogP contribution in [0.25, 0.3) is 0 Å². The third kappa shape index (κ3) is 4.40. The molecule has 0 aliphatic heterocycles. The van der Waals surface area contributed by atoms with E-state index in [2.05, 4.69) is 10.0 Å². The molecule has 0 aromatic heterocycles. The molecule has 5 nitrogen and oxygen atoms in total. The number of rotatable bonds is 5. The van der Waals surface area contributed by atoms with E-state index in [9.17, 15) is 13.2 Å². The van der Waals surface area contributed by atoms with Crippen molar-refractivity contribution in [3.63, 3.8) is 0 Å². The van der Waals surface area contributed by atoms with E-state index >= 15 is 0 Å². The Kier molecular flexibility index (Phi) is 5.51. The zero-order chi connectivity index (χ0) is 20.3. The van der Waals surface area contributed by atoms with Crippen LogP contribution in [0.3, 0.4) is 0 Å². The molecule has 0 bridgehead atoms. The van der Waals surface area contributed by atoms with Crippen molar-refractivity contribution in [2.24, 2.45) is 0 Å². The quantitative estimate of drug-likeness (QED) is 0.661. The van der Waals surface area contributed by atoms with Crippen molar-refractivity contribution < 1.29 is 13.2 Å². The summed E-state index contributed by atoms with van der Waals surface area (Å²) in [5, 5.41) is 2.76. The van der Waals surface area contributed by atoms with E-state index in [0.717, 1.165) is 16.7 Å². The van der Waals surface area contributed by atoms with Crippen LogP contribution in [0.1, 0.15) is 27.0 Å². The van der Waals surface area contributed by atoms with Crippen LogP contribution in [0.2, 0.25) is 0 Å². The highest BCUT2D eigenvalue weighted by Crippen LogP contribution is 2.25. The first kappa shape index (κ1) is 19.6. The number of hydrogen-bond donors (Lipinski definition) is 2. The predicted octanol–water partition coefficient (Wildman–Crippen LogP) is 4.66. The summed E-state index contributed by atoms with van der Waals surface area (Å²) in [7, 11) is -3.83. The molecule has 144 valence electrons. The number of para-hydroxylation sites is 1. The van der Waals surface area contributed by atoms with Crippen LogP contribution >= 0.6 is 0 Å². The zero-order valence-corrected chi connectivity index (χ0v) is 16.8. The lowest BCUT2D eigenvalue weighted by Crippen LogP contribution is -2.17. The predicted molar refractivity (Wildman–Crippen MR) is 112 cm³/mol. The zero-order valence-electron chi connectivity index (χ0n) is 16.0. The molecule has 0 atom stereocenters. The Morgan fingerprint density at radius 3 is 2.11 bits per heavy atom. The van der Waals surface area contributed by atoms with Crippen LogP contribution < -0.4 is 10.0 Å². The van der Waals surface area contributed by atoms with E-state index in [1.165, 1.54) is 12.1 Å². The topological polar surface area (TPSA) is 75.3 Å². The van der Waals surface area contributed by atoms with Crippen molar-refractivity contribution in [2.45, 2.75) is 25.7 Å². The Hall–Kier alpha value is -3.12. The average Bonchev–Trinajstić information content (AvgIpc) is 2.65. The number of carbonyl (C=O) groups excluding carboxylic acids is 1. The largest absolute Gasteiger partial charge is 0.322 e. The van der Waals surface area contributed by atoms with Crippen LogP contribution in [0.15, 0.2) is 71.6 Å². The Balaban J connectivity index is 1.87. The van der Waals surface area contributed by atoms with Gasteiger partial charge >= 0.3 is 0 Å². The van der Waals surface area contributed by atoms with Crippen LogP contribution in [-0.2, 0) is 10.0 Å². The second-order valence-corrected chi connectivity index (χ2v) is 8.41. The summed E-state index contributed by atoms with van der Waals surface area (Å²) < 4.78 is 28.4. The van der Waals surface area contributed by atoms with E-state index in [1.807, 2.05) is 51.1 Å². The molecule has 0 fully saturated rings. The first-order valence-electron chi connectivity index (χ1n) is 8.83. The summed E-state index contributed by atoms with van der Waals surface area (Å²) in [5.41, 5.74) is 4.23. The lowest BCUT2D eigenvalue weighted by atomic mass is 10.1. The van der Waals surface area contributed by atoms with Crippen LogP contribution in [0, 0.1) is 20.8 Å². The van der Waals surface area contributed by atoms with E-state index in [0.29, 0.717) is 11.4 Å². The fraction of sp³-hybridized carbons (Fsp3) is 0.136. The Morgan fingerprint density at radius 2 is 1.46 bits per heavy atom. The molecule has 0 saturated carbocycles. The maximum Gasteiger partial charge on any atom is 0.261 e. The minimum atomic E-state index is -3.83. The molecule has 0 spiro atoms. The molecule has 2 N–H and O–H groups in total. The van der Waals surface area contributed by atoms with Crippen LogP contribution in [-0.4, -0.2) is 14.3 Å². The molecule has 0 unspecified atom stereocenters. The van der Waals surface area contributed by atoms with Gasteiger partial charge < -0.3 is 5.32 Å². The first-order chi connectivity index (χ1) is 13.3. The van der Waals surface area contributed by atoms with Gasteiger partial charge in [-0.1, -0.05) is 42.0 Å². The van der Waals surface area contributed by atoms with Gasteiger partial charge in [0, 0.05) is 11.3 Å². The number of carbonyl (C=O) groups is 1. The molecule has 1 amide bonds. The number of hydrogen-bond acceptors (Lipinski definition) is 3. The van der Waals surface area contributed by atoms with Gasteiger partial charge in [0.05, 0.1) is 10.6 Å². The molecular formula is C22H22N2O3S. The summed E-state index contributed by atoms with van der Waals surface area (Å²) >= 11 is 0. The third-order valence-electron chi connectivity index (χ3n) is 4.35. The molecule has 3 rings (SSSR count). The maximum atomic E-state index is 12.9. The van der Waals surface area contributed by atoms with E-state index in [4.69, 9.17) is 0 Å². The number of benzene rings is 3. The Labute approximate surface area is 165 Å². The number of sulfonamides is 1. The van der Waals surface area contributed by atoms with Gasteiger partial charge in [-0.05, 0) is 62.2 Å². The number of aryl methyl sites for hydroxylation is 3. The van der Waals surface area contributed by atoms with Crippen LogP contribution in [0.5, 0.6) is 0 Å². The van der Waals surface area contributed by atoms with E-state index in [-0.39, 0.29) is 16.4 Å². The smallest absolute Gasteiger partial charge is 0.261 e. The summed E-state index contributed by atoms with van der Waals surface area (Å²) in [6, 6.07) is 18.8. The fourth-order valence-electron chi connectivity index (χ4n) is 3.06. The highest BCUT2D eigenvalue weighted by atomic mass is 32.2. The molecule has 3 aromatic rings. The summed E-state index contributed by atoms with van der Waals surface area (Å²) in [6.07, 6.45) is 0. The minimum Gasteiger partial charge on any atom is -0.322 e. The molecule has 0 heterocycles. The second kappa shape index (κ2) is 7.86. The normalized spacial score (nSPS) is 11.1. The number of nitrogens with one attached hydrogen (secondary N) is 2. The van der Waals surface area contributed by atoms with Gasteiger partial charge in [-0.25, -0.2) is 8.42 Å². The molecule has 0 saturated heterocycles.